The monoisotopic (exact) mass is 284 g/mol. The van der Waals surface area contributed by atoms with Gasteiger partial charge in [-0.15, -0.1) is 0 Å². The number of rotatable bonds is 0. The molecular weight excluding hydrogens is 264 g/mol. The Morgan fingerprint density at radius 1 is 1.40 bits per heavy atom. The maximum atomic E-state index is 12.0. The first-order chi connectivity index (χ1) is 9.28. The number of cyclic esters (lactones) is 1. The van der Waals surface area contributed by atoms with Gasteiger partial charge in [-0.25, -0.2) is 4.79 Å². The van der Waals surface area contributed by atoms with E-state index in [1.807, 2.05) is 0 Å². The number of carbonyl (C=O) groups excluding carboxylic acids is 2. The van der Waals surface area contributed by atoms with Crippen LogP contribution in [0.25, 0.3) is 0 Å². The van der Waals surface area contributed by atoms with Crippen molar-refractivity contribution in [3.63, 3.8) is 0 Å². The molecule has 0 saturated carbocycles. The van der Waals surface area contributed by atoms with E-state index in [0.29, 0.717) is 31.6 Å². The Morgan fingerprint density at radius 2 is 2.00 bits per heavy atom. The van der Waals surface area contributed by atoms with Gasteiger partial charge in [-0.2, -0.15) is 0 Å². The second kappa shape index (κ2) is 4.96. The Morgan fingerprint density at radius 3 is 2.50 bits per heavy atom. The predicted octanol–water partition coefficient (Wildman–Crippen LogP) is 1.39. The van der Waals surface area contributed by atoms with E-state index < -0.39 is 11.0 Å². The van der Waals surface area contributed by atoms with Crippen molar-refractivity contribution in [3.05, 3.63) is 0 Å². The lowest BCUT2D eigenvalue weighted by atomic mass is 9.76. The molecule has 0 aromatic rings. The van der Waals surface area contributed by atoms with Crippen molar-refractivity contribution in [2.24, 2.45) is 10.6 Å². The van der Waals surface area contributed by atoms with Crippen LogP contribution in [0.5, 0.6) is 0 Å². The summed E-state index contributed by atoms with van der Waals surface area (Å²) in [6.07, 6.45) is 0.399. The Kier molecular flexibility index (Phi) is 3.62. The van der Waals surface area contributed by atoms with Gasteiger partial charge in [0, 0.05) is 13.1 Å². The maximum Gasteiger partial charge on any atom is 0.410 e. The molecule has 0 aliphatic carbocycles. The van der Waals surface area contributed by atoms with Crippen molar-refractivity contribution in [3.8, 4) is 0 Å². The van der Waals surface area contributed by atoms with Gasteiger partial charge in [0.1, 0.15) is 23.3 Å². The lowest BCUT2D eigenvalue weighted by Gasteiger charge is -2.36. The van der Waals surface area contributed by atoms with Gasteiger partial charge in [0.2, 0.25) is 0 Å². The molecule has 2 heterocycles. The highest BCUT2D eigenvalue weighted by atomic mass is 16.6. The van der Waals surface area contributed by atoms with Gasteiger partial charge >= 0.3 is 12.1 Å². The van der Waals surface area contributed by atoms with Crippen molar-refractivity contribution in [1.29, 1.82) is 0 Å². The lowest BCUT2D eigenvalue weighted by molar-refractivity contribution is -0.147. The molecule has 2 aliphatic heterocycles. The van der Waals surface area contributed by atoms with E-state index in [9.17, 15) is 9.59 Å². The summed E-state index contributed by atoms with van der Waals surface area (Å²) in [5.41, 5.74) is -1.06. The molecular formula is C13H20N2O5. The molecule has 20 heavy (non-hydrogen) atoms. The highest BCUT2D eigenvalue weighted by Crippen LogP contribution is 2.38. The zero-order chi connectivity index (χ0) is 15.0. The van der Waals surface area contributed by atoms with Crippen molar-refractivity contribution in [2.45, 2.75) is 39.2 Å². The van der Waals surface area contributed by atoms with Gasteiger partial charge in [-0.05, 0) is 33.6 Å². The Labute approximate surface area is 117 Å². The van der Waals surface area contributed by atoms with Gasteiger partial charge in [-0.3, -0.25) is 4.79 Å². The van der Waals surface area contributed by atoms with E-state index in [0.717, 1.165) is 0 Å². The second-order valence-corrected chi connectivity index (χ2v) is 6.17. The third-order valence-corrected chi connectivity index (χ3v) is 3.67. The largest absolute Gasteiger partial charge is 0.459 e. The van der Waals surface area contributed by atoms with E-state index >= 15 is 0 Å². The summed E-state index contributed by atoms with van der Waals surface area (Å²) >= 11 is 0. The SMILES string of the molecule is CC(C)(C)OC(=O)N1CCC2(CC1)C(=O)OC/C2=N/O. The molecule has 2 saturated heterocycles. The average molecular weight is 284 g/mol. The summed E-state index contributed by atoms with van der Waals surface area (Å²) in [5, 5.41) is 12.2. The third kappa shape index (κ3) is 2.57. The highest BCUT2D eigenvalue weighted by molar-refractivity contribution is 6.11. The van der Waals surface area contributed by atoms with E-state index in [1.54, 1.807) is 25.7 Å². The number of oxime groups is 1. The molecule has 0 unspecified atom stereocenters. The molecule has 0 atom stereocenters. The van der Waals surface area contributed by atoms with Crippen molar-refractivity contribution in [1.82, 2.24) is 4.90 Å². The van der Waals surface area contributed by atoms with E-state index in [-0.39, 0.29) is 18.7 Å². The predicted molar refractivity (Wildman–Crippen MR) is 69.7 cm³/mol. The van der Waals surface area contributed by atoms with E-state index in [1.165, 1.54) is 0 Å². The van der Waals surface area contributed by atoms with Crippen LogP contribution < -0.4 is 0 Å². The van der Waals surface area contributed by atoms with E-state index in [4.69, 9.17) is 14.7 Å². The van der Waals surface area contributed by atoms with Crippen LogP contribution >= 0.6 is 0 Å². The first-order valence-corrected chi connectivity index (χ1v) is 6.65. The number of esters is 1. The van der Waals surface area contributed by atoms with Crippen LogP contribution in [0.2, 0.25) is 0 Å². The van der Waals surface area contributed by atoms with Crippen LogP contribution in [0.1, 0.15) is 33.6 Å². The molecule has 0 bridgehead atoms. The average Bonchev–Trinajstić information content (AvgIpc) is 2.65. The van der Waals surface area contributed by atoms with Crippen molar-refractivity contribution in [2.75, 3.05) is 19.7 Å². The summed E-state index contributed by atoms with van der Waals surface area (Å²) in [5.74, 6) is -0.367. The standard InChI is InChI=1S/C13H20N2O5/c1-12(2,3)20-11(17)15-6-4-13(5-7-15)9(14-18)8-19-10(13)16/h18H,4-8H2,1-3H3/b14-9-. The number of carbonyl (C=O) groups is 2. The number of hydrogen-bond acceptors (Lipinski definition) is 6. The Hall–Kier alpha value is -1.79. The fourth-order valence-electron chi connectivity index (χ4n) is 2.54. The molecule has 112 valence electrons. The topological polar surface area (TPSA) is 88.4 Å². The molecule has 1 N–H and O–H groups in total. The van der Waals surface area contributed by atoms with Crippen molar-refractivity contribution < 1.29 is 24.3 Å². The quantitative estimate of drug-likeness (QED) is 0.412. The first-order valence-electron chi connectivity index (χ1n) is 6.65. The lowest BCUT2D eigenvalue weighted by Crippen LogP contribution is -2.49. The number of nitrogens with zero attached hydrogens (tertiary/aromatic N) is 2. The van der Waals surface area contributed by atoms with Crippen LogP contribution in [0.3, 0.4) is 0 Å². The van der Waals surface area contributed by atoms with Gasteiger partial charge in [0.05, 0.1) is 0 Å². The summed E-state index contributed by atoms with van der Waals surface area (Å²) in [6.45, 7) is 6.21. The molecule has 7 nitrogen and oxygen atoms in total. The third-order valence-electron chi connectivity index (χ3n) is 3.67. The number of amides is 1. The summed E-state index contributed by atoms with van der Waals surface area (Å²) in [7, 11) is 0. The molecule has 7 heteroatoms. The van der Waals surface area contributed by atoms with Crippen LogP contribution in [0.15, 0.2) is 5.16 Å². The van der Waals surface area contributed by atoms with Crippen LogP contribution in [-0.4, -0.2) is 53.2 Å². The first kappa shape index (κ1) is 14.6. The highest BCUT2D eigenvalue weighted by Gasteiger charge is 2.52. The molecule has 0 aromatic carbocycles. The molecule has 2 fully saturated rings. The van der Waals surface area contributed by atoms with Crippen LogP contribution in [0.4, 0.5) is 4.79 Å². The van der Waals surface area contributed by atoms with Gasteiger partial charge in [0.25, 0.3) is 0 Å². The molecule has 2 aliphatic rings. The van der Waals surface area contributed by atoms with Crippen molar-refractivity contribution >= 4 is 17.8 Å². The molecule has 1 amide bonds. The Balaban J connectivity index is 2.02. The minimum Gasteiger partial charge on any atom is -0.459 e. The Bertz CT molecular complexity index is 444. The minimum absolute atomic E-state index is 0.0295. The second-order valence-electron chi connectivity index (χ2n) is 6.17. The minimum atomic E-state index is -0.868. The molecule has 1 spiro atoms. The van der Waals surface area contributed by atoms with Gasteiger partial charge in [-0.1, -0.05) is 5.16 Å². The maximum absolute atomic E-state index is 12.0. The van der Waals surface area contributed by atoms with Gasteiger partial charge < -0.3 is 19.6 Å². The molecule has 2 rings (SSSR count). The normalized spacial score (nSPS) is 24.1. The number of ether oxygens (including phenoxy) is 2. The zero-order valence-electron chi connectivity index (χ0n) is 12.0. The van der Waals surface area contributed by atoms with Gasteiger partial charge in [0.15, 0.2) is 0 Å². The fourth-order valence-corrected chi connectivity index (χ4v) is 2.54. The summed E-state index contributed by atoms with van der Waals surface area (Å²) in [6, 6.07) is 0. The number of likely N-dealkylation sites (tertiary alicyclic amines) is 1. The summed E-state index contributed by atoms with van der Waals surface area (Å²) in [4.78, 5) is 25.4. The number of hydrogen-bond donors (Lipinski definition) is 1. The smallest absolute Gasteiger partial charge is 0.410 e. The summed E-state index contributed by atoms with van der Waals surface area (Å²) < 4.78 is 10.3. The number of piperidine rings is 1. The molecule has 0 radical (unpaired) electrons. The van der Waals surface area contributed by atoms with E-state index in [2.05, 4.69) is 5.16 Å². The van der Waals surface area contributed by atoms with Crippen LogP contribution in [0, 0.1) is 5.41 Å². The molecule has 0 aromatic heterocycles. The van der Waals surface area contributed by atoms with Crippen LogP contribution in [-0.2, 0) is 14.3 Å². The zero-order valence-corrected chi connectivity index (χ0v) is 12.0. The fraction of sp³-hybridized carbons (Fsp3) is 0.769.